The standard InChI is InChI=1S/C13H18ClN/c1-10(13(15)8-4-5-9-13)11-6-2-3-7-12(11)14/h2-3,6-7,10H,4-5,8-9,15H2,1H3. The minimum absolute atomic E-state index is 0.0367. The van der Waals surface area contributed by atoms with Crippen LogP contribution in [0.1, 0.15) is 44.1 Å². The molecule has 1 nitrogen and oxygen atoms in total. The van der Waals surface area contributed by atoms with Crippen molar-refractivity contribution in [3.63, 3.8) is 0 Å². The molecule has 0 heterocycles. The number of nitrogens with two attached hydrogens (primary N) is 1. The molecule has 0 bridgehead atoms. The number of hydrogen-bond donors (Lipinski definition) is 1. The van der Waals surface area contributed by atoms with E-state index in [4.69, 9.17) is 17.3 Å². The van der Waals surface area contributed by atoms with Crippen LogP contribution in [0.4, 0.5) is 0 Å². The van der Waals surface area contributed by atoms with Crippen molar-refractivity contribution in [2.75, 3.05) is 0 Å². The van der Waals surface area contributed by atoms with Crippen LogP contribution in [0.2, 0.25) is 5.02 Å². The van der Waals surface area contributed by atoms with Gasteiger partial charge in [-0.15, -0.1) is 0 Å². The summed E-state index contributed by atoms with van der Waals surface area (Å²) in [5, 5.41) is 0.849. The lowest BCUT2D eigenvalue weighted by Gasteiger charge is -2.32. The summed E-state index contributed by atoms with van der Waals surface area (Å²) in [5.41, 5.74) is 7.61. The Morgan fingerprint density at radius 2 is 1.87 bits per heavy atom. The molecular weight excluding hydrogens is 206 g/mol. The Hall–Kier alpha value is -0.530. The third-order valence-corrected chi connectivity index (χ3v) is 4.11. The van der Waals surface area contributed by atoms with E-state index in [1.54, 1.807) is 0 Å². The first-order valence-corrected chi connectivity index (χ1v) is 6.04. The number of halogens is 1. The van der Waals surface area contributed by atoms with Crippen molar-refractivity contribution in [1.82, 2.24) is 0 Å². The van der Waals surface area contributed by atoms with E-state index in [0.717, 1.165) is 17.9 Å². The first-order chi connectivity index (χ1) is 7.13. The van der Waals surface area contributed by atoms with Crippen LogP contribution in [0.3, 0.4) is 0 Å². The van der Waals surface area contributed by atoms with Crippen molar-refractivity contribution in [1.29, 1.82) is 0 Å². The number of benzene rings is 1. The predicted molar refractivity (Wildman–Crippen MR) is 65.3 cm³/mol. The third kappa shape index (κ3) is 2.04. The Morgan fingerprint density at radius 3 is 2.47 bits per heavy atom. The normalized spacial score (nSPS) is 21.5. The van der Waals surface area contributed by atoms with Gasteiger partial charge < -0.3 is 5.73 Å². The van der Waals surface area contributed by atoms with Crippen LogP contribution in [0.15, 0.2) is 24.3 Å². The van der Waals surface area contributed by atoms with Crippen molar-refractivity contribution in [2.45, 2.75) is 44.1 Å². The van der Waals surface area contributed by atoms with E-state index < -0.39 is 0 Å². The highest BCUT2D eigenvalue weighted by atomic mass is 35.5. The molecule has 2 N–H and O–H groups in total. The van der Waals surface area contributed by atoms with Crippen LogP contribution in [-0.4, -0.2) is 5.54 Å². The number of hydrogen-bond acceptors (Lipinski definition) is 1. The quantitative estimate of drug-likeness (QED) is 0.813. The molecule has 1 aliphatic rings. The fourth-order valence-corrected chi connectivity index (χ4v) is 2.90. The molecule has 0 aromatic heterocycles. The maximum atomic E-state index is 6.44. The Kier molecular flexibility index (Phi) is 3.03. The van der Waals surface area contributed by atoms with E-state index in [0.29, 0.717) is 5.92 Å². The third-order valence-electron chi connectivity index (χ3n) is 3.77. The summed E-state index contributed by atoms with van der Waals surface area (Å²) in [6, 6.07) is 8.05. The monoisotopic (exact) mass is 223 g/mol. The fourth-order valence-electron chi connectivity index (χ4n) is 2.60. The molecule has 15 heavy (non-hydrogen) atoms. The molecule has 1 atom stereocenters. The first-order valence-electron chi connectivity index (χ1n) is 5.67. The van der Waals surface area contributed by atoms with Crippen molar-refractivity contribution >= 4 is 11.6 Å². The van der Waals surface area contributed by atoms with Gasteiger partial charge in [-0.2, -0.15) is 0 Å². The zero-order valence-electron chi connectivity index (χ0n) is 9.17. The molecule has 1 aromatic carbocycles. The topological polar surface area (TPSA) is 26.0 Å². The Bertz CT molecular complexity index is 342. The van der Waals surface area contributed by atoms with Gasteiger partial charge in [0.1, 0.15) is 0 Å². The van der Waals surface area contributed by atoms with Gasteiger partial charge in [0, 0.05) is 16.5 Å². The van der Waals surface area contributed by atoms with Gasteiger partial charge in [0.05, 0.1) is 0 Å². The molecular formula is C13H18ClN. The molecule has 1 unspecified atom stereocenters. The van der Waals surface area contributed by atoms with Crippen LogP contribution in [0.5, 0.6) is 0 Å². The second-order valence-corrected chi connectivity index (χ2v) is 5.09. The maximum absolute atomic E-state index is 6.44. The number of rotatable bonds is 2. The van der Waals surface area contributed by atoms with Crippen LogP contribution in [0.25, 0.3) is 0 Å². The van der Waals surface area contributed by atoms with E-state index in [-0.39, 0.29) is 5.54 Å². The van der Waals surface area contributed by atoms with Gasteiger partial charge in [0.25, 0.3) is 0 Å². The van der Waals surface area contributed by atoms with Gasteiger partial charge in [-0.05, 0) is 24.5 Å². The molecule has 2 rings (SSSR count). The van der Waals surface area contributed by atoms with Crippen molar-refractivity contribution in [3.8, 4) is 0 Å². The van der Waals surface area contributed by atoms with E-state index in [1.165, 1.54) is 18.4 Å². The summed E-state index contributed by atoms with van der Waals surface area (Å²) in [6.07, 6.45) is 4.76. The summed E-state index contributed by atoms with van der Waals surface area (Å²) >= 11 is 6.20. The maximum Gasteiger partial charge on any atom is 0.0441 e. The largest absolute Gasteiger partial charge is 0.325 e. The lowest BCUT2D eigenvalue weighted by atomic mass is 9.80. The molecule has 0 saturated heterocycles. The van der Waals surface area contributed by atoms with Gasteiger partial charge in [-0.3, -0.25) is 0 Å². The Morgan fingerprint density at radius 1 is 1.27 bits per heavy atom. The Labute approximate surface area is 96.6 Å². The van der Waals surface area contributed by atoms with Crippen molar-refractivity contribution in [2.24, 2.45) is 5.73 Å². The summed E-state index contributed by atoms with van der Waals surface area (Å²) < 4.78 is 0. The van der Waals surface area contributed by atoms with Gasteiger partial charge in [-0.25, -0.2) is 0 Å². The molecule has 0 radical (unpaired) electrons. The van der Waals surface area contributed by atoms with Gasteiger partial charge in [0.2, 0.25) is 0 Å². The lowest BCUT2D eigenvalue weighted by Crippen LogP contribution is -2.41. The van der Waals surface area contributed by atoms with Gasteiger partial charge >= 0.3 is 0 Å². The summed E-state index contributed by atoms with van der Waals surface area (Å²) in [6.45, 7) is 2.20. The first kappa shape index (κ1) is 11.0. The molecule has 82 valence electrons. The van der Waals surface area contributed by atoms with Crippen LogP contribution >= 0.6 is 11.6 Å². The molecule has 0 amide bonds. The average molecular weight is 224 g/mol. The molecule has 1 fully saturated rings. The molecule has 0 aliphatic heterocycles. The fraction of sp³-hybridized carbons (Fsp3) is 0.538. The molecule has 1 saturated carbocycles. The highest BCUT2D eigenvalue weighted by molar-refractivity contribution is 6.31. The van der Waals surface area contributed by atoms with Gasteiger partial charge in [-0.1, -0.05) is 49.6 Å². The van der Waals surface area contributed by atoms with Crippen LogP contribution in [-0.2, 0) is 0 Å². The van der Waals surface area contributed by atoms with E-state index >= 15 is 0 Å². The van der Waals surface area contributed by atoms with Crippen LogP contribution < -0.4 is 5.73 Å². The van der Waals surface area contributed by atoms with Crippen molar-refractivity contribution < 1.29 is 0 Å². The zero-order valence-corrected chi connectivity index (χ0v) is 9.93. The molecule has 0 spiro atoms. The van der Waals surface area contributed by atoms with E-state index in [1.807, 2.05) is 18.2 Å². The molecule has 2 heteroatoms. The lowest BCUT2D eigenvalue weighted by molar-refractivity contribution is 0.371. The predicted octanol–water partition coefficient (Wildman–Crippen LogP) is 3.72. The van der Waals surface area contributed by atoms with Gasteiger partial charge in [0.15, 0.2) is 0 Å². The molecule has 1 aromatic rings. The smallest absolute Gasteiger partial charge is 0.0441 e. The second-order valence-electron chi connectivity index (χ2n) is 4.68. The zero-order chi connectivity index (χ0) is 10.9. The van der Waals surface area contributed by atoms with Crippen LogP contribution in [0, 0.1) is 0 Å². The minimum Gasteiger partial charge on any atom is -0.325 e. The highest BCUT2D eigenvalue weighted by Crippen LogP contribution is 2.40. The SMILES string of the molecule is CC(c1ccccc1Cl)C1(N)CCCC1. The second kappa shape index (κ2) is 4.15. The minimum atomic E-state index is -0.0367. The average Bonchev–Trinajstić information content (AvgIpc) is 2.66. The molecule has 1 aliphatic carbocycles. The summed E-state index contributed by atoms with van der Waals surface area (Å²) in [7, 11) is 0. The van der Waals surface area contributed by atoms with E-state index in [9.17, 15) is 0 Å². The van der Waals surface area contributed by atoms with Crippen molar-refractivity contribution in [3.05, 3.63) is 34.9 Å². The summed E-state index contributed by atoms with van der Waals surface area (Å²) in [4.78, 5) is 0. The highest BCUT2D eigenvalue weighted by Gasteiger charge is 2.36. The Balaban J connectivity index is 2.27. The summed E-state index contributed by atoms with van der Waals surface area (Å²) in [5.74, 6) is 0.355. The van der Waals surface area contributed by atoms with E-state index in [2.05, 4.69) is 13.0 Å².